The van der Waals surface area contributed by atoms with E-state index in [2.05, 4.69) is 25.5 Å². The summed E-state index contributed by atoms with van der Waals surface area (Å²) in [7, 11) is 1.46. The van der Waals surface area contributed by atoms with Crippen molar-refractivity contribution in [3.63, 3.8) is 0 Å². The van der Waals surface area contributed by atoms with Crippen LogP contribution in [0.3, 0.4) is 0 Å². The minimum absolute atomic E-state index is 0.133. The highest BCUT2D eigenvalue weighted by molar-refractivity contribution is 5.92. The Bertz CT molecular complexity index is 520. The first kappa shape index (κ1) is 10.3. The molecule has 0 amide bonds. The first-order valence-corrected chi connectivity index (χ1v) is 4.65. The maximum atomic E-state index is 5.55. The summed E-state index contributed by atoms with van der Waals surface area (Å²) in [4.78, 5) is 8.70. The molecule has 1 aromatic heterocycles. The lowest BCUT2D eigenvalue weighted by atomic mass is 10.2. The molecule has 0 fully saturated rings. The lowest BCUT2D eigenvalue weighted by molar-refractivity contribution is 0.143. The van der Waals surface area contributed by atoms with Gasteiger partial charge in [0.2, 0.25) is 5.96 Å². The molecule has 0 aliphatic rings. The average Bonchev–Trinajstić information content (AvgIpc) is 2.30. The highest BCUT2D eigenvalue weighted by atomic mass is 16.6. The number of nitrogens with two attached hydrogens (primary N) is 1. The number of hydrogen-bond donors (Lipinski definition) is 2. The van der Waals surface area contributed by atoms with Gasteiger partial charge in [-0.2, -0.15) is 10.1 Å². The lowest BCUT2D eigenvalue weighted by Gasteiger charge is -2.02. The van der Waals surface area contributed by atoms with Crippen LogP contribution in [-0.4, -0.2) is 23.3 Å². The minimum atomic E-state index is 0.133. The molecule has 0 aliphatic carbocycles. The Hall–Kier alpha value is -2.21. The van der Waals surface area contributed by atoms with E-state index in [-0.39, 0.29) is 5.96 Å². The SMILES string of the molecule is CONC(N)=Nc1nncc2ccccc12. The molecular weight excluding hydrogens is 206 g/mol. The third kappa shape index (κ3) is 2.06. The summed E-state index contributed by atoms with van der Waals surface area (Å²) in [6, 6.07) is 7.67. The van der Waals surface area contributed by atoms with Gasteiger partial charge in [0.15, 0.2) is 5.82 Å². The van der Waals surface area contributed by atoms with E-state index < -0.39 is 0 Å². The molecule has 0 radical (unpaired) electrons. The van der Waals surface area contributed by atoms with Crippen LogP contribution >= 0.6 is 0 Å². The highest BCUT2D eigenvalue weighted by Crippen LogP contribution is 2.21. The summed E-state index contributed by atoms with van der Waals surface area (Å²) in [6.07, 6.45) is 1.67. The monoisotopic (exact) mass is 217 g/mol. The van der Waals surface area contributed by atoms with Gasteiger partial charge in [0.05, 0.1) is 13.3 Å². The Morgan fingerprint density at radius 1 is 1.44 bits per heavy atom. The largest absolute Gasteiger partial charge is 0.368 e. The van der Waals surface area contributed by atoms with Gasteiger partial charge in [-0.1, -0.05) is 24.3 Å². The molecule has 1 heterocycles. The molecule has 16 heavy (non-hydrogen) atoms. The van der Waals surface area contributed by atoms with Gasteiger partial charge < -0.3 is 5.73 Å². The van der Waals surface area contributed by atoms with Crippen molar-refractivity contribution in [2.24, 2.45) is 10.7 Å². The summed E-state index contributed by atoms with van der Waals surface area (Å²) in [5.74, 6) is 0.591. The van der Waals surface area contributed by atoms with Gasteiger partial charge in [0.1, 0.15) is 0 Å². The van der Waals surface area contributed by atoms with E-state index in [1.165, 1.54) is 7.11 Å². The van der Waals surface area contributed by atoms with Crippen LogP contribution in [0.2, 0.25) is 0 Å². The molecular formula is C10H11N5O. The van der Waals surface area contributed by atoms with E-state index in [0.29, 0.717) is 5.82 Å². The van der Waals surface area contributed by atoms with Crippen molar-refractivity contribution in [3.8, 4) is 0 Å². The van der Waals surface area contributed by atoms with E-state index in [1.807, 2.05) is 24.3 Å². The van der Waals surface area contributed by atoms with Crippen LogP contribution in [0, 0.1) is 0 Å². The Morgan fingerprint density at radius 3 is 3.06 bits per heavy atom. The van der Waals surface area contributed by atoms with Crippen molar-refractivity contribution in [2.75, 3.05) is 7.11 Å². The molecule has 0 spiro atoms. The zero-order valence-electron chi connectivity index (χ0n) is 8.71. The van der Waals surface area contributed by atoms with Crippen molar-refractivity contribution in [1.29, 1.82) is 0 Å². The Balaban J connectivity index is 2.48. The number of aliphatic imine (C=N–C) groups is 1. The third-order valence-electron chi connectivity index (χ3n) is 1.98. The molecule has 0 unspecified atom stereocenters. The fraction of sp³-hybridized carbons (Fsp3) is 0.100. The van der Waals surface area contributed by atoms with Gasteiger partial charge in [-0.25, -0.2) is 5.48 Å². The fourth-order valence-electron chi connectivity index (χ4n) is 1.34. The quantitative estimate of drug-likeness (QED) is 0.440. The molecule has 3 N–H and O–H groups in total. The molecule has 0 bridgehead atoms. The van der Waals surface area contributed by atoms with E-state index in [0.717, 1.165) is 10.8 Å². The van der Waals surface area contributed by atoms with Crippen LogP contribution in [0.4, 0.5) is 5.82 Å². The van der Waals surface area contributed by atoms with Gasteiger partial charge in [-0.15, -0.1) is 5.10 Å². The van der Waals surface area contributed by atoms with E-state index in [9.17, 15) is 0 Å². The van der Waals surface area contributed by atoms with E-state index in [4.69, 9.17) is 5.73 Å². The van der Waals surface area contributed by atoms with Crippen molar-refractivity contribution in [1.82, 2.24) is 15.7 Å². The van der Waals surface area contributed by atoms with Gasteiger partial charge in [-0.05, 0) is 0 Å². The maximum Gasteiger partial charge on any atom is 0.219 e. The second-order valence-corrected chi connectivity index (χ2v) is 3.06. The number of benzene rings is 1. The number of nitrogens with one attached hydrogen (secondary N) is 1. The second-order valence-electron chi connectivity index (χ2n) is 3.06. The Morgan fingerprint density at radius 2 is 2.25 bits per heavy atom. The minimum Gasteiger partial charge on any atom is -0.368 e. The standard InChI is InChI=1S/C10H11N5O/c1-16-15-10(11)13-9-8-5-3-2-4-7(8)6-12-14-9/h2-6H,1H3,(H3,11,13,14,15). The predicted molar refractivity (Wildman–Crippen MR) is 61.0 cm³/mol. The zero-order chi connectivity index (χ0) is 11.4. The van der Waals surface area contributed by atoms with Gasteiger partial charge >= 0.3 is 0 Å². The van der Waals surface area contributed by atoms with Crippen molar-refractivity contribution in [2.45, 2.75) is 0 Å². The van der Waals surface area contributed by atoms with Gasteiger partial charge in [-0.3, -0.25) is 4.84 Å². The Labute approximate surface area is 92.1 Å². The fourth-order valence-corrected chi connectivity index (χ4v) is 1.34. The average molecular weight is 217 g/mol. The number of fused-ring (bicyclic) bond motifs is 1. The number of rotatable bonds is 2. The number of nitrogens with zero attached hydrogens (tertiary/aromatic N) is 3. The Kier molecular flexibility index (Phi) is 2.93. The van der Waals surface area contributed by atoms with Crippen molar-refractivity contribution in [3.05, 3.63) is 30.5 Å². The lowest BCUT2D eigenvalue weighted by Crippen LogP contribution is -2.30. The van der Waals surface area contributed by atoms with E-state index >= 15 is 0 Å². The van der Waals surface area contributed by atoms with Crippen LogP contribution in [0.1, 0.15) is 0 Å². The molecule has 2 rings (SSSR count). The molecule has 82 valence electrons. The summed E-state index contributed by atoms with van der Waals surface area (Å²) in [5.41, 5.74) is 7.97. The summed E-state index contributed by atoms with van der Waals surface area (Å²) in [6.45, 7) is 0. The maximum absolute atomic E-state index is 5.55. The van der Waals surface area contributed by atoms with Crippen LogP contribution in [0.15, 0.2) is 35.5 Å². The second kappa shape index (κ2) is 4.54. The number of hydrogen-bond acceptors (Lipinski definition) is 4. The van der Waals surface area contributed by atoms with Gasteiger partial charge in [0, 0.05) is 10.8 Å². The van der Waals surface area contributed by atoms with Crippen LogP contribution in [-0.2, 0) is 4.84 Å². The molecule has 0 saturated carbocycles. The highest BCUT2D eigenvalue weighted by Gasteiger charge is 2.01. The first-order chi connectivity index (χ1) is 7.81. The smallest absolute Gasteiger partial charge is 0.219 e. The summed E-state index contributed by atoms with van der Waals surface area (Å²) >= 11 is 0. The molecule has 0 saturated heterocycles. The molecule has 0 atom stereocenters. The molecule has 0 aliphatic heterocycles. The molecule has 6 heteroatoms. The topological polar surface area (TPSA) is 85.4 Å². The van der Waals surface area contributed by atoms with Gasteiger partial charge in [0.25, 0.3) is 0 Å². The number of aromatic nitrogens is 2. The van der Waals surface area contributed by atoms with Crippen molar-refractivity contribution < 1.29 is 4.84 Å². The number of hydroxylamine groups is 1. The first-order valence-electron chi connectivity index (χ1n) is 4.65. The van der Waals surface area contributed by atoms with Crippen LogP contribution < -0.4 is 11.2 Å². The zero-order valence-corrected chi connectivity index (χ0v) is 8.71. The third-order valence-corrected chi connectivity index (χ3v) is 1.98. The van der Waals surface area contributed by atoms with Crippen LogP contribution in [0.25, 0.3) is 10.8 Å². The van der Waals surface area contributed by atoms with Crippen LogP contribution in [0.5, 0.6) is 0 Å². The molecule has 2 aromatic rings. The molecule has 6 nitrogen and oxygen atoms in total. The summed E-state index contributed by atoms with van der Waals surface area (Å²) in [5, 5.41) is 9.61. The van der Waals surface area contributed by atoms with Crippen molar-refractivity contribution >= 4 is 22.5 Å². The molecule has 1 aromatic carbocycles. The van der Waals surface area contributed by atoms with E-state index in [1.54, 1.807) is 6.20 Å². The normalized spacial score (nSPS) is 11.7. The predicted octanol–water partition coefficient (Wildman–Crippen LogP) is 0.727. The number of guanidine groups is 1. The summed E-state index contributed by atoms with van der Waals surface area (Å²) < 4.78 is 0.